The van der Waals surface area contributed by atoms with Crippen molar-refractivity contribution in [2.45, 2.75) is 5.22 Å². The van der Waals surface area contributed by atoms with Crippen molar-refractivity contribution in [1.29, 1.82) is 0 Å². The SMILES string of the molecule is COc1ccc(-c2nnc(SCC(=O)Nc3cccc4ccccc34)o2)cc1. The predicted molar refractivity (Wildman–Crippen MR) is 110 cm³/mol. The number of hydrogen-bond donors (Lipinski definition) is 1. The highest BCUT2D eigenvalue weighted by Gasteiger charge is 2.12. The lowest BCUT2D eigenvalue weighted by atomic mass is 10.1. The zero-order valence-electron chi connectivity index (χ0n) is 15.1. The fraction of sp³-hybridized carbons (Fsp3) is 0.0952. The van der Waals surface area contributed by atoms with Gasteiger partial charge in [0.2, 0.25) is 11.8 Å². The Hall–Kier alpha value is -3.32. The van der Waals surface area contributed by atoms with E-state index in [1.54, 1.807) is 7.11 Å². The van der Waals surface area contributed by atoms with Gasteiger partial charge in [0, 0.05) is 16.6 Å². The average molecular weight is 391 g/mol. The van der Waals surface area contributed by atoms with Crippen molar-refractivity contribution in [1.82, 2.24) is 10.2 Å². The Morgan fingerprint density at radius 3 is 2.64 bits per heavy atom. The molecular formula is C21H17N3O3S. The first kappa shape index (κ1) is 18.1. The van der Waals surface area contributed by atoms with E-state index in [4.69, 9.17) is 9.15 Å². The number of hydrogen-bond acceptors (Lipinski definition) is 6. The summed E-state index contributed by atoms with van der Waals surface area (Å²) in [5, 5.41) is 13.4. The third kappa shape index (κ3) is 3.99. The highest BCUT2D eigenvalue weighted by atomic mass is 32.2. The van der Waals surface area contributed by atoms with Crippen LogP contribution in [0.5, 0.6) is 5.75 Å². The lowest BCUT2D eigenvalue weighted by Gasteiger charge is -2.07. The number of amides is 1. The van der Waals surface area contributed by atoms with E-state index in [0.717, 1.165) is 27.8 Å². The molecule has 0 saturated heterocycles. The van der Waals surface area contributed by atoms with Gasteiger partial charge in [0.15, 0.2) is 0 Å². The lowest BCUT2D eigenvalue weighted by Crippen LogP contribution is -2.14. The minimum atomic E-state index is -0.134. The van der Waals surface area contributed by atoms with Crippen molar-refractivity contribution in [2.24, 2.45) is 0 Å². The van der Waals surface area contributed by atoms with E-state index in [1.165, 1.54) is 11.8 Å². The molecular weight excluding hydrogens is 374 g/mol. The van der Waals surface area contributed by atoms with Gasteiger partial charge in [-0.3, -0.25) is 4.79 Å². The summed E-state index contributed by atoms with van der Waals surface area (Å²) in [5.74, 6) is 1.20. The van der Waals surface area contributed by atoms with Gasteiger partial charge in [-0.1, -0.05) is 48.2 Å². The number of aromatic nitrogens is 2. The Morgan fingerprint density at radius 1 is 1.04 bits per heavy atom. The Morgan fingerprint density at radius 2 is 1.82 bits per heavy atom. The standard InChI is InChI=1S/C21H17N3O3S/c1-26-16-11-9-15(10-12-16)20-23-24-21(27-20)28-13-19(25)22-18-8-4-6-14-5-2-3-7-17(14)18/h2-12H,13H2,1H3,(H,22,25). The van der Waals surface area contributed by atoms with E-state index >= 15 is 0 Å². The van der Waals surface area contributed by atoms with E-state index in [9.17, 15) is 4.79 Å². The lowest BCUT2D eigenvalue weighted by molar-refractivity contribution is -0.113. The number of benzene rings is 3. The Labute approximate surface area is 165 Å². The number of carbonyl (C=O) groups excluding carboxylic acids is 1. The van der Waals surface area contributed by atoms with Crippen LogP contribution >= 0.6 is 11.8 Å². The van der Waals surface area contributed by atoms with E-state index in [2.05, 4.69) is 15.5 Å². The summed E-state index contributed by atoms with van der Waals surface area (Å²) in [7, 11) is 1.61. The second-order valence-electron chi connectivity index (χ2n) is 5.97. The number of ether oxygens (including phenoxy) is 1. The largest absolute Gasteiger partial charge is 0.497 e. The molecule has 0 aliphatic heterocycles. The van der Waals surface area contributed by atoms with Crippen LogP contribution in [0.25, 0.3) is 22.2 Å². The fourth-order valence-corrected chi connectivity index (χ4v) is 3.33. The van der Waals surface area contributed by atoms with E-state index in [-0.39, 0.29) is 11.7 Å². The molecule has 0 aliphatic rings. The summed E-state index contributed by atoms with van der Waals surface area (Å²) >= 11 is 1.20. The van der Waals surface area contributed by atoms with Crippen molar-refractivity contribution in [3.8, 4) is 17.2 Å². The molecule has 0 unspecified atom stereocenters. The highest BCUT2D eigenvalue weighted by Crippen LogP contribution is 2.26. The molecule has 140 valence electrons. The van der Waals surface area contributed by atoms with E-state index in [0.29, 0.717) is 11.1 Å². The number of methoxy groups -OCH3 is 1. The molecule has 0 fully saturated rings. The molecule has 1 aromatic heterocycles. The molecule has 0 bridgehead atoms. The molecule has 0 aliphatic carbocycles. The number of nitrogens with one attached hydrogen (secondary N) is 1. The first-order chi connectivity index (χ1) is 13.7. The van der Waals surface area contributed by atoms with Gasteiger partial charge >= 0.3 is 0 Å². The van der Waals surface area contributed by atoms with Crippen LogP contribution in [0.1, 0.15) is 0 Å². The summed E-state index contributed by atoms with van der Waals surface area (Å²) in [6.07, 6.45) is 0. The van der Waals surface area contributed by atoms with Crippen LogP contribution in [0.3, 0.4) is 0 Å². The van der Waals surface area contributed by atoms with Gasteiger partial charge in [-0.15, -0.1) is 10.2 Å². The average Bonchev–Trinajstić information content (AvgIpc) is 3.22. The molecule has 6 nitrogen and oxygen atoms in total. The van der Waals surface area contributed by atoms with Crippen molar-refractivity contribution in [2.75, 3.05) is 18.2 Å². The van der Waals surface area contributed by atoms with E-state index in [1.807, 2.05) is 66.7 Å². The molecule has 1 amide bonds. The Balaban J connectivity index is 1.39. The molecule has 4 aromatic rings. The maximum Gasteiger partial charge on any atom is 0.277 e. The summed E-state index contributed by atoms with van der Waals surface area (Å²) < 4.78 is 10.8. The van der Waals surface area contributed by atoms with Gasteiger partial charge in [0.25, 0.3) is 5.22 Å². The summed E-state index contributed by atoms with van der Waals surface area (Å²) in [6, 6.07) is 21.1. The first-order valence-electron chi connectivity index (χ1n) is 8.61. The molecule has 0 atom stereocenters. The Bertz CT molecular complexity index is 1100. The van der Waals surface area contributed by atoms with Crippen molar-refractivity contribution < 1.29 is 13.9 Å². The summed E-state index contributed by atoms with van der Waals surface area (Å²) in [5.41, 5.74) is 1.58. The minimum Gasteiger partial charge on any atom is -0.497 e. The van der Waals surface area contributed by atoms with Crippen LogP contribution in [0.2, 0.25) is 0 Å². The smallest absolute Gasteiger partial charge is 0.277 e. The second kappa shape index (κ2) is 8.14. The maximum atomic E-state index is 12.3. The number of fused-ring (bicyclic) bond motifs is 1. The second-order valence-corrected chi connectivity index (χ2v) is 6.89. The van der Waals surface area contributed by atoms with Crippen molar-refractivity contribution >= 4 is 34.1 Å². The maximum absolute atomic E-state index is 12.3. The van der Waals surface area contributed by atoms with Crippen LogP contribution in [-0.2, 0) is 4.79 Å². The van der Waals surface area contributed by atoms with Crippen LogP contribution in [0.4, 0.5) is 5.69 Å². The van der Waals surface area contributed by atoms with Crippen LogP contribution in [0.15, 0.2) is 76.4 Å². The molecule has 7 heteroatoms. The van der Waals surface area contributed by atoms with Gasteiger partial charge in [0.1, 0.15) is 5.75 Å². The van der Waals surface area contributed by atoms with Crippen molar-refractivity contribution in [3.63, 3.8) is 0 Å². The van der Waals surface area contributed by atoms with Crippen molar-refractivity contribution in [3.05, 3.63) is 66.7 Å². The van der Waals surface area contributed by atoms with Gasteiger partial charge in [-0.25, -0.2) is 0 Å². The van der Waals surface area contributed by atoms with Gasteiger partial charge in [-0.2, -0.15) is 0 Å². The highest BCUT2D eigenvalue weighted by molar-refractivity contribution is 7.99. The number of thioether (sulfide) groups is 1. The summed E-state index contributed by atoms with van der Waals surface area (Å²) in [4.78, 5) is 12.3. The van der Waals surface area contributed by atoms with Crippen LogP contribution < -0.4 is 10.1 Å². The molecule has 3 aromatic carbocycles. The molecule has 0 saturated carbocycles. The zero-order chi connectivity index (χ0) is 19.3. The van der Waals surface area contributed by atoms with Crippen LogP contribution in [0, 0.1) is 0 Å². The monoisotopic (exact) mass is 391 g/mol. The molecule has 0 spiro atoms. The Kier molecular flexibility index (Phi) is 5.25. The molecule has 1 N–H and O–H groups in total. The third-order valence-electron chi connectivity index (χ3n) is 4.13. The molecule has 0 radical (unpaired) electrons. The number of carbonyl (C=O) groups is 1. The van der Waals surface area contributed by atoms with Crippen LogP contribution in [-0.4, -0.2) is 29.0 Å². The third-order valence-corrected chi connectivity index (χ3v) is 4.95. The number of rotatable bonds is 6. The molecule has 28 heavy (non-hydrogen) atoms. The number of anilines is 1. The first-order valence-corrected chi connectivity index (χ1v) is 9.60. The summed E-state index contributed by atoms with van der Waals surface area (Å²) in [6.45, 7) is 0. The van der Waals surface area contributed by atoms with Gasteiger partial charge < -0.3 is 14.5 Å². The van der Waals surface area contributed by atoms with Gasteiger partial charge in [-0.05, 0) is 35.7 Å². The molecule has 1 heterocycles. The fourth-order valence-electron chi connectivity index (χ4n) is 2.77. The van der Waals surface area contributed by atoms with E-state index < -0.39 is 0 Å². The quantitative estimate of drug-likeness (QED) is 0.483. The number of nitrogens with zero attached hydrogens (tertiary/aromatic N) is 2. The minimum absolute atomic E-state index is 0.134. The topological polar surface area (TPSA) is 77.2 Å². The zero-order valence-corrected chi connectivity index (χ0v) is 15.9. The molecule has 4 rings (SSSR count). The predicted octanol–water partition coefficient (Wildman–Crippen LogP) is 4.63. The normalized spacial score (nSPS) is 10.8. The van der Waals surface area contributed by atoms with Gasteiger partial charge in [0.05, 0.1) is 12.9 Å².